The first-order valence-corrected chi connectivity index (χ1v) is 11.5. The third-order valence-electron chi connectivity index (χ3n) is 6.77. The molecule has 1 aliphatic rings. The van der Waals surface area contributed by atoms with E-state index < -0.39 is 12.0 Å². The molecule has 1 saturated carbocycles. The van der Waals surface area contributed by atoms with E-state index in [1.165, 1.54) is 24.8 Å². The lowest BCUT2D eigenvalue weighted by Crippen LogP contribution is -2.35. The van der Waals surface area contributed by atoms with Crippen molar-refractivity contribution in [2.75, 3.05) is 0 Å². The summed E-state index contributed by atoms with van der Waals surface area (Å²) in [5.41, 5.74) is 8.44. The molecule has 0 aliphatic heterocycles. The fourth-order valence-electron chi connectivity index (χ4n) is 5.04. The number of aliphatic hydroxyl groups excluding tert-OH is 1. The van der Waals surface area contributed by atoms with Crippen LogP contribution in [0.5, 0.6) is 0 Å². The van der Waals surface area contributed by atoms with Crippen LogP contribution in [0.1, 0.15) is 62.5 Å². The number of fused-ring (bicyclic) bond motifs is 1. The van der Waals surface area contributed by atoms with E-state index in [2.05, 4.69) is 17.1 Å². The van der Waals surface area contributed by atoms with Gasteiger partial charge in [-0.25, -0.2) is 4.98 Å². The Balaban J connectivity index is 1.60. The maximum absolute atomic E-state index is 12.6. The van der Waals surface area contributed by atoms with E-state index in [9.17, 15) is 9.90 Å². The third-order valence-corrected chi connectivity index (χ3v) is 6.77. The maximum atomic E-state index is 12.6. The fourth-order valence-corrected chi connectivity index (χ4v) is 5.04. The molecule has 3 aromatic rings. The molecular weight excluding hydrogens is 388 g/mol. The summed E-state index contributed by atoms with van der Waals surface area (Å²) in [4.78, 5) is 17.1. The van der Waals surface area contributed by atoms with Crippen LogP contribution >= 0.6 is 0 Å². The van der Waals surface area contributed by atoms with Gasteiger partial charge in [0.15, 0.2) is 5.58 Å². The first-order chi connectivity index (χ1) is 15.1. The van der Waals surface area contributed by atoms with Crippen molar-refractivity contribution in [3.05, 3.63) is 66.1 Å². The third kappa shape index (κ3) is 5.34. The molecule has 5 heteroatoms. The monoisotopic (exact) mass is 420 g/mol. The smallest absolute Gasteiger partial charge is 0.224 e. The van der Waals surface area contributed by atoms with Crippen LogP contribution in [-0.4, -0.2) is 16.0 Å². The second-order valence-electron chi connectivity index (χ2n) is 8.90. The predicted octanol–water partition coefficient (Wildman–Crippen LogP) is 5.18. The number of hydrogen-bond donors (Lipinski definition) is 2. The predicted molar refractivity (Wildman–Crippen MR) is 121 cm³/mol. The summed E-state index contributed by atoms with van der Waals surface area (Å²) in [5, 5.41) is 11.3. The minimum atomic E-state index is -0.975. The van der Waals surface area contributed by atoms with Crippen molar-refractivity contribution in [3.63, 3.8) is 0 Å². The van der Waals surface area contributed by atoms with Gasteiger partial charge in [-0.05, 0) is 42.9 Å². The van der Waals surface area contributed by atoms with Crippen molar-refractivity contribution < 1.29 is 14.3 Å². The Morgan fingerprint density at radius 2 is 1.77 bits per heavy atom. The molecular formula is C26H32N2O3. The van der Waals surface area contributed by atoms with Crippen molar-refractivity contribution in [2.24, 2.45) is 23.5 Å². The Bertz CT molecular complexity index is 945. The van der Waals surface area contributed by atoms with Crippen LogP contribution in [0.2, 0.25) is 0 Å². The summed E-state index contributed by atoms with van der Waals surface area (Å²) in [7, 11) is 0. The van der Waals surface area contributed by atoms with Crippen molar-refractivity contribution >= 4 is 17.0 Å². The number of nitrogens with zero attached hydrogens (tertiary/aromatic N) is 1. The van der Waals surface area contributed by atoms with Gasteiger partial charge in [-0.2, -0.15) is 0 Å². The lowest BCUT2D eigenvalue weighted by atomic mass is 9.74. The largest absolute Gasteiger partial charge is 0.438 e. The van der Waals surface area contributed by atoms with Crippen LogP contribution in [0.4, 0.5) is 0 Å². The molecule has 164 valence electrons. The highest BCUT2D eigenvalue weighted by Crippen LogP contribution is 2.39. The molecule has 3 atom stereocenters. The molecule has 4 rings (SSSR count). The average molecular weight is 421 g/mol. The van der Waals surface area contributed by atoms with Gasteiger partial charge in [-0.15, -0.1) is 0 Å². The summed E-state index contributed by atoms with van der Waals surface area (Å²) in [6, 6.07) is 17.6. The molecule has 1 fully saturated rings. The topological polar surface area (TPSA) is 89.4 Å². The number of hydrogen-bond acceptors (Lipinski definition) is 4. The zero-order valence-corrected chi connectivity index (χ0v) is 18.0. The number of carbonyl (C=O) groups excluding carboxylic acids is 1. The van der Waals surface area contributed by atoms with Gasteiger partial charge in [0.2, 0.25) is 11.8 Å². The normalized spacial score (nSPS) is 18.0. The first-order valence-electron chi connectivity index (χ1n) is 11.5. The van der Waals surface area contributed by atoms with E-state index in [0.717, 1.165) is 25.7 Å². The highest BCUT2D eigenvalue weighted by molar-refractivity contribution is 5.77. The molecule has 1 aliphatic carbocycles. The Morgan fingerprint density at radius 3 is 2.48 bits per heavy atom. The van der Waals surface area contributed by atoms with Crippen molar-refractivity contribution in [1.82, 2.24) is 4.98 Å². The molecule has 0 spiro atoms. The molecule has 1 aromatic heterocycles. The number of nitrogens with two attached hydrogens (primary N) is 1. The van der Waals surface area contributed by atoms with Gasteiger partial charge in [0.05, 0.1) is 0 Å². The van der Waals surface area contributed by atoms with Gasteiger partial charge in [0.1, 0.15) is 11.6 Å². The van der Waals surface area contributed by atoms with Gasteiger partial charge in [-0.1, -0.05) is 74.6 Å². The van der Waals surface area contributed by atoms with Crippen molar-refractivity contribution in [2.45, 2.75) is 57.5 Å². The van der Waals surface area contributed by atoms with Gasteiger partial charge in [0.25, 0.3) is 0 Å². The number of oxazole rings is 1. The number of para-hydroxylation sites is 2. The maximum Gasteiger partial charge on any atom is 0.224 e. The minimum Gasteiger partial charge on any atom is -0.438 e. The first kappa shape index (κ1) is 21.6. The van der Waals surface area contributed by atoms with Crippen LogP contribution < -0.4 is 5.73 Å². The second kappa shape index (κ2) is 10.1. The molecule has 3 N–H and O–H groups in total. The summed E-state index contributed by atoms with van der Waals surface area (Å²) in [6.07, 6.45) is 7.10. The quantitative estimate of drug-likeness (QED) is 0.499. The molecule has 31 heavy (non-hydrogen) atoms. The average Bonchev–Trinajstić information content (AvgIpc) is 3.24. The zero-order valence-electron chi connectivity index (χ0n) is 18.0. The highest BCUT2D eigenvalue weighted by atomic mass is 16.4. The van der Waals surface area contributed by atoms with Crippen LogP contribution in [0, 0.1) is 17.8 Å². The van der Waals surface area contributed by atoms with Gasteiger partial charge in [0, 0.05) is 11.8 Å². The molecule has 0 radical (unpaired) electrons. The van der Waals surface area contributed by atoms with Crippen LogP contribution in [0.25, 0.3) is 11.1 Å². The minimum absolute atomic E-state index is 0.272. The van der Waals surface area contributed by atoms with Gasteiger partial charge in [-0.3, -0.25) is 4.79 Å². The van der Waals surface area contributed by atoms with Crippen LogP contribution in [-0.2, 0) is 11.2 Å². The summed E-state index contributed by atoms with van der Waals surface area (Å²) in [5.74, 6) is -0.321. The number of amides is 1. The molecule has 5 nitrogen and oxygen atoms in total. The summed E-state index contributed by atoms with van der Waals surface area (Å²) < 4.78 is 5.87. The lowest BCUT2D eigenvalue weighted by Gasteiger charge is -2.32. The summed E-state index contributed by atoms with van der Waals surface area (Å²) >= 11 is 0. The fraction of sp³-hybridized carbons (Fsp3) is 0.462. The van der Waals surface area contributed by atoms with E-state index in [1.807, 2.05) is 42.5 Å². The van der Waals surface area contributed by atoms with E-state index in [1.54, 1.807) is 0 Å². The van der Waals surface area contributed by atoms with E-state index in [0.29, 0.717) is 23.4 Å². The van der Waals surface area contributed by atoms with Crippen molar-refractivity contribution in [3.8, 4) is 0 Å². The van der Waals surface area contributed by atoms with Crippen LogP contribution in [0.3, 0.4) is 0 Å². The summed E-state index contributed by atoms with van der Waals surface area (Å²) in [6.45, 7) is 0. The SMILES string of the molecule is NC(=O)C(CC1CCCCC1)C(CCc1ccccc1)C(O)c1nc2ccccc2o1. The number of aliphatic hydroxyl groups is 1. The number of aryl methyl sites for hydroxylation is 1. The van der Waals surface area contributed by atoms with E-state index in [4.69, 9.17) is 10.2 Å². The molecule has 2 aromatic carbocycles. The highest BCUT2D eigenvalue weighted by Gasteiger charge is 2.37. The Kier molecular flexibility index (Phi) is 7.03. The lowest BCUT2D eigenvalue weighted by molar-refractivity contribution is -0.126. The molecule has 0 bridgehead atoms. The number of benzene rings is 2. The van der Waals surface area contributed by atoms with E-state index >= 15 is 0 Å². The molecule has 1 amide bonds. The molecule has 1 heterocycles. The van der Waals surface area contributed by atoms with Gasteiger partial charge >= 0.3 is 0 Å². The number of primary amides is 1. The standard InChI is InChI=1S/C26H32N2O3/c27-25(30)21(17-19-11-5-2-6-12-19)20(16-15-18-9-3-1-4-10-18)24(29)26-28-22-13-7-8-14-23(22)31-26/h1,3-4,7-10,13-14,19-21,24,29H,2,5-6,11-12,15-17H2,(H2,27,30). The van der Waals surface area contributed by atoms with E-state index in [-0.39, 0.29) is 17.7 Å². The Morgan fingerprint density at radius 1 is 1.06 bits per heavy atom. The number of aromatic nitrogens is 1. The Hall–Kier alpha value is -2.66. The number of carbonyl (C=O) groups is 1. The number of rotatable bonds is 9. The zero-order chi connectivity index (χ0) is 21.6. The van der Waals surface area contributed by atoms with Crippen molar-refractivity contribution in [1.29, 1.82) is 0 Å². The second-order valence-corrected chi connectivity index (χ2v) is 8.90. The molecule has 0 saturated heterocycles. The van der Waals surface area contributed by atoms with Crippen LogP contribution in [0.15, 0.2) is 59.0 Å². The Labute approximate surface area is 183 Å². The van der Waals surface area contributed by atoms with Gasteiger partial charge < -0.3 is 15.3 Å². The molecule has 3 unspecified atom stereocenters.